The number of ketones is 1. The van der Waals surface area contributed by atoms with Crippen LogP contribution in [0.15, 0.2) is 60.7 Å². The SMILES string of the molecule is CC(=O)[C@@](C)(Cc1ccccc1)NC(=O)c1ccccc1. The Morgan fingerprint density at radius 1 is 0.952 bits per heavy atom. The Balaban J connectivity index is 2.19. The molecule has 0 heterocycles. The smallest absolute Gasteiger partial charge is 0.252 e. The summed E-state index contributed by atoms with van der Waals surface area (Å²) in [6.45, 7) is 3.28. The summed E-state index contributed by atoms with van der Waals surface area (Å²) in [6, 6.07) is 18.6. The molecule has 2 aromatic rings. The molecule has 21 heavy (non-hydrogen) atoms. The summed E-state index contributed by atoms with van der Waals surface area (Å²) in [4.78, 5) is 24.3. The maximum absolute atomic E-state index is 12.3. The van der Waals surface area contributed by atoms with Crippen LogP contribution in [-0.4, -0.2) is 17.2 Å². The zero-order valence-electron chi connectivity index (χ0n) is 12.3. The monoisotopic (exact) mass is 281 g/mol. The average molecular weight is 281 g/mol. The van der Waals surface area contributed by atoms with Crippen molar-refractivity contribution in [1.29, 1.82) is 0 Å². The van der Waals surface area contributed by atoms with Gasteiger partial charge in [-0.2, -0.15) is 0 Å². The zero-order valence-corrected chi connectivity index (χ0v) is 12.3. The standard InChI is InChI=1S/C18H19NO2/c1-14(20)18(2,13-15-9-5-3-6-10-15)19-17(21)16-11-7-4-8-12-16/h3-12H,13H2,1-2H3,(H,19,21)/t18-/m1/s1. The number of nitrogens with one attached hydrogen (secondary N) is 1. The second kappa shape index (κ2) is 6.35. The molecule has 2 aromatic carbocycles. The number of hydrogen-bond donors (Lipinski definition) is 1. The van der Waals surface area contributed by atoms with Crippen molar-refractivity contribution in [2.75, 3.05) is 0 Å². The maximum atomic E-state index is 12.3. The maximum Gasteiger partial charge on any atom is 0.252 e. The molecule has 3 nitrogen and oxygen atoms in total. The first-order chi connectivity index (χ1) is 10.0. The number of benzene rings is 2. The van der Waals surface area contributed by atoms with Crippen molar-refractivity contribution in [1.82, 2.24) is 5.32 Å². The largest absolute Gasteiger partial charge is 0.339 e. The first-order valence-electron chi connectivity index (χ1n) is 6.94. The van der Waals surface area contributed by atoms with Crippen molar-refractivity contribution >= 4 is 11.7 Å². The second-order valence-electron chi connectivity index (χ2n) is 5.37. The molecule has 0 aliphatic rings. The zero-order chi connectivity index (χ0) is 15.3. The van der Waals surface area contributed by atoms with Gasteiger partial charge < -0.3 is 5.32 Å². The first kappa shape index (κ1) is 15.0. The quantitative estimate of drug-likeness (QED) is 0.915. The minimum absolute atomic E-state index is 0.0596. The van der Waals surface area contributed by atoms with E-state index in [0.29, 0.717) is 12.0 Å². The summed E-state index contributed by atoms with van der Waals surface area (Å²) in [5, 5.41) is 2.87. The van der Waals surface area contributed by atoms with Crippen LogP contribution < -0.4 is 5.32 Å². The molecule has 0 aromatic heterocycles. The minimum Gasteiger partial charge on any atom is -0.339 e. The number of Topliss-reactive ketones (excluding diaryl/α,β-unsaturated/α-hetero) is 1. The molecule has 1 N–H and O–H groups in total. The number of carbonyl (C=O) groups is 2. The molecule has 2 rings (SSSR count). The summed E-state index contributed by atoms with van der Waals surface area (Å²) in [6.07, 6.45) is 0.474. The second-order valence-corrected chi connectivity index (χ2v) is 5.37. The lowest BCUT2D eigenvalue weighted by molar-refractivity contribution is -0.122. The third-order valence-electron chi connectivity index (χ3n) is 3.60. The molecule has 0 bridgehead atoms. The molecule has 0 saturated carbocycles. The number of hydrogen-bond acceptors (Lipinski definition) is 2. The van der Waals surface area contributed by atoms with Crippen LogP contribution in [-0.2, 0) is 11.2 Å². The Kier molecular flexibility index (Phi) is 4.53. The Labute approximate surface area is 125 Å². The lowest BCUT2D eigenvalue weighted by Gasteiger charge is -2.28. The lowest BCUT2D eigenvalue weighted by atomic mass is 9.88. The van der Waals surface area contributed by atoms with Crippen LogP contribution in [0.2, 0.25) is 0 Å². The van der Waals surface area contributed by atoms with Crippen LogP contribution in [0.3, 0.4) is 0 Å². The van der Waals surface area contributed by atoms with Gasteiger partial charge in [-0.1, -0.05) is 48.5 Å². The predicted molar refractivity (Wildman–Crippen MR) is 83.1 cm³/mol. The topological polar surface area (TPSA) is 46.2 Å². The fraction of sp³-hybridized carbons (Fsp3) is 0.222. The van der Waals surface area contributed by atoms with Gasteiger partial charge in [-0.05, 0) is 31.5 Å². The van der Waals surface area contributed by atoms with E-state index in [4.69, 9.17) is 0 Å². The van der Waals surface area contributed by atoms with Crippen molar-refractivity contribution in [2.24, 2.45) is 0 Å². The Bertz CT molecular complexity index is 622. The fourth-order valence-electron chi connectivity index (χ4n) is 2.17. The molecule has 0 aliphatic heterocycles. The third kappa shape index (κ3) is 3.78. The minimum atomic E-state index is -0.908. The molecule has 3 heteroatoms. The van der Waals surface area contributed by atoms with Crippen molar-refractivity contribution in [2.45, 2.75) is 25.8 Å². The Hall–Kier alpha value is -2.42. The number of amides is 1. The van der Waals surface area contributed by atoms with E-state index in [-0.39, 0.29) is 11.7 Å². The van der Waals surface area contributed by atoms with Gasteiger partial charge >= 0.3 is 0 Å². The highest BCUT2D eigenvalue weighted by atomic mass is 16.2. The molecule has 0 radical (unpaired) electrons. The van der Waals surface area contributed by atoms with Crippen molar-refractivity contribution < 1.29 is 9.59 Å². The van der Waals surface area contributed by atoms with Crippen LogP contribution >= 0.6 is 0 Å². The highest BCUT2D eigenvalue weighted by molar-refractivity contribution is 5.99. The molecule has 0 aliphatic carbocycles. The van der Waals surface area contributed by atoms with Gasteiger partial charge in [0.1, 0.15) is 0 Å². The molecule has 0 fully saturated rings. The molecule has 108 valence electrons. The Morgan fingerprint density at radius 2 is 1.48 bits per heavy atom. The van der Waals surface area contributed by atoms with Crippen LogP contribution in [0.5, 0.6) is 0 Å². The first-order valence-corrected chi connectivity index (χ1v) is 6.94. The van der Waals surface area contributed by atoms with Crippen molar-refractivity contribution in [3.05, 3.63) is 71.8 Å². The van der Waals surface area contributed by atoms with Gasteiger partial charge in [0, 0.05) is 12.0 Å². The molecule has 0 spiro atoms. The normalized spacial score (nSPS) is 13.2. The van der Waals surface area contributed by atoms with Gasteiger partial charge in [-0.3, -0.25) is 9.59 Å². The summed E-state index contributed by atoms with van der Waals surface area (Å²) >= 11 is 0. The molecular formula is C18H19NO2. The van der Waals surface area contributed by atoms with Crippen LogP contribution in [0.1, 0.15) is 29.8 Å². The van der Waals surface area contributed by atoms with Gasteiger partial charge in [0.2, 0.25) is 0 Å². The summed E-state index contributed by atoms with van der Waals surface area (Å²) < 4.78 is 0. The third-order valence-corrected chi connectivity index (χ3v) is 3.60. The predicted octanol–water partition coefficient (Wildman–Crippen LogP) is 3.01. The van der Waals surface area contributed by atoms with E-state index in [0.717, 1.165) is 5.56 Å². The molecule has 1 atom stereocenters. The van der Waals surface area contributed by atoms with Gasteiger partial charge in [0.25, 0.3) is 5.91 Å². The van der Waals surface area contributed by atoms with E-state index in [1.54, 1.807) is 31.2 Å². The number of rotatable bonds is 5. The van der Waals surface area contributed by atoms with Crippen molar-refractivity contribution in [3.8, 4) is 0 Å². The molecule has 0 unspecified atom stereocenters. The van der Waals surface area contributed by atoms with E-state index < -0.39 is 5.54 Å². The van der Waals surface area contributed by atoms with Gasteiger partial charge in [0.05, 0.1) is 5.54 Å². The van der Waals surface area contributed by atoms with E-state index >= 15 is 0 Å². The van der Waals surface area contributed by atoms with E-state index in [1.807, 2.05) is 36.4 Å². The van der Waals surface area contributed by atoms with Gasteiger partial charge in [-0.25, -0.2) is 0 Å². The fourth-order valence-corrected chi connectivity index (χ4v) is 2.17. The average Bonchev–Trinajstić information content (AvgIpc) is 2.49. The Morgan fingerprint density at radius 3 is 2.00 bits per heavy atom. The molecule has 1 amide bonds. The highest BCUT2D eigenvalue weighted by Gasteiger charge is 2.32. The molecule has 0 saturated heterocycles. The number of carbonyl (C=O) groups excluding carboxylic acids is 2. The van der Waals surface area contributed by atoms with E-state index in [2.05, 4.69) is 5.32 Å². The van der Waals surface area contributed by atoms with Gasteiger partial charge in [0.15, 0.2) is 5.78 Å². The van der Waals surface area contributed by atoms with E-state index in [1.165, 1.54) is 6.92 Å². The highest BCUT2D eigenvalue weighted by Crippen LogP contribution is 2.15. The lowest BCUT2D eigenvalue weighted by Crippen LogP contribution is -2.52. The van der Waals surface area contributed by atoms with Crippen LogP contribution in [0.4, 0.5) is 0 Å². The van der Waals surface area contributed by atoms with Crippen LogP contribution in [0.25, 0.3) is 0 Å². The van der Waals surface area contributed by atoms with E-state index in [9.17, 15) is 9.59 Å². The molecular weight excluding hydrogens is 262 g/mol. The van der Waals surface area contributed by atoms with Crippen LogP contribution in [0, 0.1) is 0 Å². The summed E-state index contributed by atoms with van der Waals surface area (Å²) in [5.41, 5.74) is 0.662. The van der Waals surface area contributed by atoms with Crippen molar-refractivity contribution in [3.63, 3.8) is 0 Å². The summed E-state index contributed by atoms with van der Waals surface area (Å²) in [7, 11) is 0. The summed E-state index contributed by atoms with van der Waals surface area (Å²) in [5.74, 6) is -0.292. The van der Waals surface area contributed by atoms with Gasteiger partial charge in [-0.15, -0.1) is 0 Å².